The van der Waals surface area contributed by atoms with E-state index in [1.165, 1.54) is 12.1 Å². The normalized spacial score (nSPS) is 29.3. The van der Waals surface area contributed by atoms with Gasteiger partial charge in [-0.05, 0) is 30.7 Å². The standard InChI is InChI=1S/C19H20F3N3O3/c1-9-12(8-25(2)24-9)15-16(14-7-13(26)17(15)28-14)18(27)23-11-5-3-4-10(6-11)19(20,21)22/h3-6,8,13-17,26H,7H2,1-2H3,(H,23,27)/t13-,14+,15+,16-,17-/m1/s1. The van der Waals surface area contributed by atoms with Crippen molar-refractivity contribution in [3.05, 3.63) is 47.3 Å². The Bertz CT molecular complexity index is 911. The minimum absolute atomic E-state index is 0.0739. The summed E-state index contributed by atoms with van der Waals surface area (Å²) in [5.74, 6) is -1.45. The SMILES string of the molecule is Cc1nn(C)cc1[C@@H]1[C@@H]2O[C@@H](C[C@H]2O)[C@H]1C(=O)Nc1cccc(C(F)(F)F)c1. The van der Waals surface area contributed by atoms with Crippen LogP contribution in [-0.2, 0) is 22.8 Å². The van der Waals surface area contributed by atoms with Gasteiger partial charge in [0.2, 0.25) is 5.91 Å². The quantitative estimate of drug-likeness (QED) is 0.838. The molecule has 2 aromatic rings. The Morgan fingerprint density at radius 1 is 1.39 bits per heavy atom. The van der Waals surface area contributed by atoms with Gasteiger partial charge in [0.25, 0.3) is 0 Å². The number of amides is 1. The van der Waals surface area contributed by atoms with Crippen LogP contribution in [0, 0.1) is 12.8 Å². The van der Waals surface area contributed by atoms with Crippen LogP contribution in [0.15, 0.2) is 30.5 Å². The second-order valence-corrected chi connectivity index (χ2v) is 7.41. The Balaban J connectivity index is 1.62. The Morgan fingerprint density at radius 3 is 2.79 bits per heavy atom. The number of fused-ring (bicyclic) bond motifs is 2. The van der Waals surface area contributed by atoms with E-state index in [1.54, 1.807) is 17.9 Å². The number of aliphatic hydroxyl groups excluding tert-OH is 1. The second-order valence-electron chi connectivity index (χ2n) is 7.41. The van der Waals surface area contributed by atoms with E-state index >= 15 is 0 Å². The van der Waals surface area contributed by atoms with Crippen LogP contribution in [0.2, 0.25) is 0 Å². The van der Waals surface area contributed by atoms with Crippen molar-refractivity contribution in [3.8, 4) is 0 Å². The van der Waals surface area contributed by atoms with Crippen LogP contribution in [0.5, 0.6) is 0 Å². The number of aromatic nitrogens is 2. The number of alkyl halides is 3. The van der Waals surface area contributed by atoms with E-state index in [0.29, 0.717) is 6.42 Å². The third-order valence-corrected chi connectivity index (χ3v) is 5.50. The van der Waals surface area contributed by atoms with E-state index in [0.717, 1.165) is 23.4 Å². The molecule has 9 heteroatoms. The van der Waals surface area contributed by atoms with Crippen molar-refractivity contribution in [2.75, 3.05) is 5.32 Å². The topological polar surface area (TPSA) is 76.4 Å². The number of benzene rings is 1. The van der Waals surface area contributed by atoms with Gasteiger partial charge in [-0.15, -0.1) is 0 Å². The fourth-order valence-electron chi connectivity index (χ4n) is 4.36. The van der Waals surface area contributed by atoms with Crippen LogP contribution in [-0.4, -0.2) is 39.1 Å². The van der Waals surface area contributed by atoms with E-state index in [1.807, 2.05) is 6.92 Å². The number of nitrogens with one attached hydrogen (secondary N) is 1. The molecule has 2 N–H and O–H groups in total. The molecule has 6 nitrogen and oxygen atoms in total. The van der Waals surface area contributed by atoms with Gasteiger partial charge in [0.15, 0.2) is 0 Å². The summed E-state index contributed by atoms with van der Waals surface area (Å²) in [7, 11) is 1.76. The summed E-state index contributed by atoms with van der Waals surface area (Å²) in [4.78, 5) is 13.0. The molecule has 5 atom stereocenters. The average molecular weight is 395 g/mol. The predicted octanol–water partition coefficient (Wildman–Crippen LogP) is 2.62. The maximum absolute atomic E-state index is 13.0. The van der Waals surface area contributed by atoms with Crippen LogP contribution in [0.25, 0.3) is 0 Å². The summed E-state index contributed by atoms with van der Waals surface area (Å²) in [5.41, 5.74) is 0.778. The highest BCUT2D eigenvalue weighted by atomic mass is 19.4. The summed E-state index contributed by atoms with van der Waals surface area (Å²) in [6.07, 6.45) is -4.09. The molecule has 2 fully saturated rings. The molecule has 3 heterocycles. The lowest BCUT2D eigenvalue weighted by molar-refractivity contribution is -0.137. The van der Waals surface area contributed by atoms with Gasteiger partial charge in [0.1, 0.15) is 0 Å². The number of anilines is 1. The predicted molar refractivity (Wildman–Crippen MR) is 93.5 cm³/mol. The van der Waals surface area contributed by atoms with Crippen molar-refractivity contribution in [3.63, 3.8) is 0 Å². The highest BCUT2D eigenvalue weighted by Gasteiger charge is 2.57. The summed E-state index contributed by atoms with van der Waals surface area (Å²) >= 11 is 0. The first-order valence-electron chi connectivity index (χ1n) is 8.97. The van der Waals surface area contributed by atoms with Crippen LogP contribution in [0.1, 0.15) is 29.2 Å². The van der Waals surface area contributed by atoms with E-state index in [4.69, 9.17) is 4.74 Å². The van der Waals surface area contributed by atoms with Crippen molar-refractivity contribution in [1.29, 1.82) is 0 Å². The molecule has 2 saturated heterocycles. The monoisotopic (exact) mass is 395 g/mol. The fraction of sp³-hybridized carbons (Fsp3) is 0.474. The van der Waals surface area contributed by atoms with E-state index in [9.17, 15) is 23.1 Å². The van der Waals surface area contributed by atoms with Gasteiger partial charge in [0, 0.05) is 31.3 Å². The number of aliphatic hydroxyl groups is 1. The lowest BCUT2D eigenvalue weighted by Crippen LogP contribution is -2.41. The van der Waals surface area contributed by atoms with Crippen molar-refractivity contribution < 1.29 is 27.8 Å². The van der Waals surface area contributed by atoms with Gasteiger partial charge in [-0.25, -0.2) is 0 Å². The van der Waals surface area contributed by atoms with Crippen LogP contribution >= 0.6 is 0 Å². The van der Waals surface area contributed by atoms with Crippen LogP contribution in [0.4, 0.5) is 18.9 Å². The Labute approximate surface area is 159 Å². The van der Waals surface area contributed by atoms with E-state index < -0.39 is 47.8 Å². The van der Waals surface area contributed by atoms with Gasteiger partial charge in [-0.2, -0.15) is 18.3 Å². The maximum atomic E-state index is 13.0. The molecular formula is C19H20F3N3O3. The van der Waals surface area contributed by atoms with Crippen LogP contribution in [0.3, 0.4) is 0 Å². The molecule has 0 aliphatic carbocycles. The zero-order chi connectivity index (χ0) is 20.2. The molecule has 4 rings (SSSR count). The molecule has 1 amide bonds. The molecule has 150 valence electrons. The number of nitrogens with zero attached hydrogens (tertiary/aromatic N) is 2. The van der Waals surface area contributed by atoms with E-state index in [-0.39, 0.29) is 5.69 Å². The van der Waals surface area contributed by atoms with Crippen molar-refractivity contribution in [2.24, 2.45) is 13.0 Å². The largest absolute Gasteiger partial charge is 0.416 e. The summed E-state index contributed by atoms with van der Waals surface area (Å²) in [6, 6.07) is 4.53. The average Bonchev–Trinajstić information content (AvgIpc) is 3.25. The van der Waals surface area contributed by atoms with Gasteiger partial charge >= 0.3 is 6.18 Å². The third kappa shape index (κ3) is 3.18. The molecule has 0 unspecified atom stereocenters. The molecule has 28 heavy (non-hydrogen) atoms. The molecule has 2 bridgehead atoms. The Kier molecular flexibility index (Phi) is 4.46. The van der Waals surface area contributed by atoms with Gasteiger partial charge in [0.05, 0.1) is 35.5 Å². The number of rotatable bonds is 3. The van der Waals surface area contributed by atoms with Gasteiger partial charge in [-0.3, -0.25) is 9.48 Å². The maximum Gasteiger partial charge on any atom is 0.416 e. The summed E-state index contributed by atoms with van der Waals surface area (Å²) in [5, 5.41) is 17.2. The number of carbonyl (C=O) groups excluding carboxylic acids is 1. The molecule has 0 radical (unpaired) electrons. The highest BCUT2D eigenvalue weighted by Crippen LogP contribution is 2.50. The third-order valence-electron chi connectivity index (χ3n) is 5.50. The lowest BCUT2D eigenvalue weighted by atomic mass is 9.74. The molecule has 0 spiro atoms. The molecule has 0 saturated carbocycles. The number of ether oxygens (including phenoxy) is 1. The van der Waals surface area contributed by atoms with Gasteiger partial charge in [-0.1, -0.05) is 6.07 Å². The Hall–Kier alpha value is -2.39. The number of carbonyl (C=O) groups is 1. The number of hydrogen-bond acceptors (Lipinski definition) is 4. The number of hydrogen-bond donors (Lipinski definition) is 2. The number of aryl methyl sites for hydroxylation is 2. The smallest absolute Gasteiger partial charge is 0.390 e. The fourth-order valence-corrected chi connectivity index (χ4v) is 4.36. The zero-order valence-electron chi connectivity index (χ0n) is 15.3. The molecular weight excluding hydrogens is 375 g/mol. The minimum atomic E-state index is -4.49. The Morgan fingerprint density at radius 2 is 2.14 bits per heavy atom. The van der Waals surface area contributed by atoms with Crippen molar-refractivity contribution >= 4 is 11.6 Å². The lowest BCUT2D eigenvalue weighted by Gasteiger charge is -2.29. The minimum Gasteiger partial charge on any atom is -0.390 e. The first-order chi connectivity index (χ1) is 13.1. The van der Waals surface area contributed by atoms with Crippen molar-refractivity contribution in [2.45, 2.75) is 43.8 Å². The van der Waals surface area contributed by atoms with Crippen molar-refractivity contribution in [1.82, 2.24) is 9.78 Å². The van der Waals surface area contributed by atoms with Gasteiger partial charge < -0.3 is 15.2 Å². The molecule has 1 aromatic carbocycles. The summed E-state index contributed by atoms with van der Waals surface area (Å²) in [6.45, 7) is 1.81. The first-order valence-corrected chi connectivity index (χ1v) is 8.97. The molecule has 2 aliphatic heterocycles. The van der Waals surface area contributed by atoms with E-state index in [2.05, 4.69) is 10.4 Å². The first kappa shape index (κ1) is 18.9. The molecule has 1 aromatic heterocycles. The number of halogens is 3. The second kappa shape index (κ2) is 6.59. The molecule has 2 aliphatic rings. The zero-order valence-corrected chi connectivity index (χ0v) is 15.3. The summed E-state index contributed by atoms with van der Waals surface area (Å²) < 4.78 is 46.3. The van der Waals surface area contributed by atoms with Crippen LogP contribution < -0.4 is 5.32 Å². The highest BCUT2D eigenvalue weighted by molar-refractivity contribution is 5.94.